The molecule has 1 N–H and O–H groups in total. The Hall–Kier alpha value is -3.71. The van der Waals surface area contributed by atoms with Crippen LogP contribution in [0.3, 0.4) is 0 Å². The van der Waals surface area contributed by atoms with Crippen LogP contribution in [0.15, 0.2) is 130 Å². The largest absolute Gasteiger partial charge is 0.479 e. The lowest BCUT2D eigenvalue weighted by atomic mass is 9.96. The lowest BCUT2D eigenvalue weighted by Gasteiger charge is -2.18. The van der Waals surface area contributed by atoms with Crippen LogP contribution in [0.5, 0.6) is 5.75 Å². The third-order valence-electron chi connectivity index (χ3n) is 7.45. The summed E-state index contributed by atoms with van der Waals surface area (Å²) in [7, 11) is 0. The zero-order valence-electron chi connectivity index (χ0n) is 23.2. The van der Waals surface area contributed by atoms with Crippen molar-refractivity contribution in [2.45, 2.75) is 25.4 Å². The highest BCUT2D eigenvalue weighted by Gasteiger charge is 2.23. The van der Waals surface area contributed by atoms with E-state index in [-0.39, 0.29) is 0 Å². The first kappa shape index (κ1) is 29.4. The fourth-order valence-electron chi connectivity index (χ4n) is 5.30. The number of carboxylic acids is 1. The molecule has 5 aromatic carbocycles. The molecule has 0 spiro atoms. The third kappa shape index (κ3) is 6.77. The predicted molar refractivity (Wildman–Crippen MR) is 184 cm³/mol. The second-order valence-corrected chi connectivity index (χ2v) is 13.2. The molecule has 1 aromatic heterocycles. The van der Waals surface area contributed by atoms with Crippen LogP contribution in [-0.4, -0.2) is 17.2 Å². The Bertz CT molecular complexity index is 1840. The molecule has 1 atom stereocenters. The zero-order valence-corrected chi connectivity index (χ0v) is 27.2. The molecule has 0 radical (unpaired) electrons. The number of aliphatic carboxylic acids is 1. The molecule has 0 aliphatic rings. The molecule has 0 aliphatic heterocycles. The number of hydrogen-bond donors (Lipinski definition) is 1. The number of halogens is 2. The molecule has 0 amide bonds. The maximum atomic E-state index is 12.0. The van der Waals surface area contributed by atoms with E-state index in [9.17, 15) is 9.90 Å². The molecule has 0 bridgehead atoms. The van der Waals surface area contributed by atoms with Gasteiger partial charge in [-0.3, -0.25) is 0 Å². The van der Waals surface area contributed by atoms with Crippen LogP contribution in [0.1, 0.15) is 22.4 Å². The fraction of sp³-hybridized carbons (Fsp3) is 0.108. The van der Waals surface area contributed by atoms with Crippen molar-refractivity contribution >= 4 is 59.3 Å². The van der Waals surface area contributed by atoms with E-state index in [1.165, 1.54) is 31.7 Å². The number of hydrogen-bond acceptors (Lipinski definition) is 3. The van der Waals surface area contributed by atoms with Gasteiger partial charge in [0.2, 0.25) is 0 Å². The lowest BCUT2D eigenvalue weighted by Crippen LogP contribution is -2.28. The minimum Gasteiger partial charge on any atom is -0.479 e. The maximum absolute atomic E-state index is 12.0. The minimum atomic E-state index is -0.984. The van der Waals surface area contributed by atoms with Crippen molar-refractivity contribution in [1.82, 2.24) is 0 Å². The molecule has 6 rings (SSSR count). The second-order valence-electron chi connectivity index (χ2n) is 10.4. The van der Waals surface area contributed by atoms with Gasteiger partial charge in [0, 0.05) is 26.9 Å². The summed E-state index contributed by atoms with van der Waals surface area (Å²) in [5.41, 5.74) is 6.91. The van der Waals surface area contributed by atoms with Crippen LogP contribution in [-0.2, 0) is 17.6 Å². The van der Waals surface area contributed by atoms with Crippen molar-refractivity contribution in [2.24, 2.45) is 0 Å². The van der Waals surface area contributed by atoms with Crippen molar-refractivity contribution in [3.63, 3.8) is 0 Å². The van der Waals surface area contributed by atoms with Crippen LogP contribution in [0.4, 0.5) is 0 Å². The molecule has 1 heterocycles. The summed E-state index contributed by atoms with van der Waals surface area (Å²) >= 11 is 9.13. The monoisotopic (exact) mass is 710 g/mol. The SMILES string of the molecule is O=C(O)[C@H](CCc1ccccc1)Oc1c(Br)cc(-c2ccc(-c3c(Cc4ccccc4)sc4ccccc34)cc2)cc1Br. The van der Waals surface area contributed by atoms with Crippen LogP contribution in [0.25, 0.3) is 32.3 Å². The number of thiophene rings is 1. The highest BCUT2D eigenvalue weighted by atomic mass is 79.9. The van der Waals surface area contributed by atoms with Crippen molar-refractivity contribution in [1.29, 1.82) is 0 Å². The van der Waals surface area contributed by atoms with Gasteiger partial charge in [-0.25, -0.2) is 4.79 Å². The van der Waals surface area contributed by atoms with Gasteiger partial charge in [0.15, 0.2) is 6.10 Å². The van der Waals surface area contributed by atoms with E-state index in [2.05, 4.69) is 111 Å². The standard InChI is InChI=1S/C37H28Br2O3S/c38-30-22-28(23-31(39)36(30)42-32(37(40)41)20-15-24-9-3-1-4-10-24)26-16-18-27(19-17-26)35-29-13-7-8-14-33(29)43-34(35)21-25-11-5-2-6-12-25/h1-14,16-19,22-23,32H,15,20-21H2,(H,40,41)/t32-/m0/s1. The first-order valence-corrected chi connectivity index (χ1v) is 16.4. The average Bonchev–Trinajstić information content (AvgIpc) is 3.39. The Morgan fingerprint density at radius 1 is 0.721 bits per heavy atom. The van der Waals surface area contributed by atoms with Gasteiger partial charge in [-0.15, -0.1) is 11.3 Å². The summed E-state index contributed by atoms with van der Waals surface area (Å²) in [6.07, 6.45) is 0.902. The number of benzene rings is 5. The Morgan fingerprint density at radius 3 is 1.95 bits per heavy atom. The summed E-state index contributed by atoms with van der Waals surface area (Å²) in [6.45, 7) is 0. The van der Waals surface area contributed by atoms with Gasteiger partial charge < -0.3 is 9.84 Å². The van der Waals surface area contributed by atoms with Gasteiger partial charge in [0.1, 0.15) is 5.75 Å². The Morgan fingerprint density at radius 2 is 1.30 bits per heavy atom. The van der Waals surface area contributed by atoms with Crippen LogP contribution >= 0.6 is 43.2 Å². The number of fused-ring (bicyclic) bond motifs is 1. The van der Waals surface area contributed by atoms with Crippen molar-refractivity contribution in [2.75, 3.05) is 0 Å². The van der Waals surface area contributed by atoms with E-state index in [0.29, 0.717) is 27.5 Å². The summed E-state index contributed by atoms with van der Waals surface area (Å²) in [5, 5.41) is 11.1. The van der Waals surface area contributed by atoms with Gasteiger partial charge >= 0.3 is 5.97 Å². The molecular formula is C37H28Br2O3S. The molecule has 6 heteroatoms. The maximum Gasteiger partial charge on any atom is 0.344 e. The molecule has 43 heavy (non-hydrogen) atoms. The van der Waals surface area contributed by atoms with Gasteiger partial charge in [0.25, 0.3) is 0 Å². The number of carbonyl (C=O) groups is 1. The highest BCUT2D eigenvalue weighted by Crippen LogP contribution is 2.42. The zero-order chi connectivity index (χ0) is 29.8. The minimum absolute atomic E-state index is 0.366. The topological polar surface area (TPSA) is 46.5 Å². The normalized spacial score (nSPS) is 11.9. The highest BCUT2D eigenvalue weighted by molar-refractivity contribution is 9.11. The van der Waals surface area contributed by atoms with E-state index >= 15 is 0 Å². The molecule has 3 nitrogen and oxygen atoms in total. The molecule has 0 fully saturated rings. The number of carboxylic acid groups (broad SMARTS) is 1. The smallest absolute Gasteiger partial charge is 0.344 e. The van der Waals surface area contributed by atoms with Gasteiger partial charge in [-0.05, 0) is 90.7 Å². The Labute approximate surface area is 272 Å². The molecule has 0 saturated carbocycles. The third-order valence-corrected chi connectivity index (χ3v) is 9.80. The van der Waals surface area contributed by atoms with Crippen LogP contribution in [0, 0.1) is 0 Å². The second kappa shape index (κ2) is 13.3. The summed E-state index contributed by atoms with van der Waals surface area (Å²) in [6, 6.07) is 41.7. The van der Waals surface area contributed by atoms with E-state index in [0.717, 1.165) is 23.1 Å². The first-order valence-electron chi connectivity index (χ1n) is 14.0. The summed E-state index contributed by atoms with van der Waals surface area (Å²) < 4.78 is 8.71. The quantitative estimate of drug-likeness (QED) is 0.154. The number of aryl methyl sites for hydroxylation is 1. The Balaban J connectivity index is 1.25. The van der Waals surface area contributed by atoms with Gasteiger partial charge in [0.05, 0.1) is 8.95 Å². The Kier molecular flexibility index (Phi) is 9.08. The lowest BCUT2D eigenvalue weighted by molar-refractivity contribution is -0.145. The van der Waals surface area contributed by atoms with E-state index < -0.39 is 12.1 Å². The fourth-order valence-corrected chi connectivity index (χ4v) is 7.94. The van der Waals surface area contributed by atoms with Crippen LogP contribution < -0.4 is 4.74 Å². The molecular weight excluding hydrogens is 684 g/mol. The molecule has 214 valence electrons. The van der Waals surface area contributed by atoms with Gasteiger partial charge in [-0.1, -0.05) is 103 Å². The van der Waals surface area contributed by atoms with Gasteiger partial charge in [-0.2, -0.15) is 0 Å². The molecule has 0 unspecified atom stereocenters. The molecule has 6 aromatic rings. The summed E-state index contributed by atoms with van der Waals surface area (Å²) in [5.74, 6) is -0.502. The van der Waals surface area contributed by atoms with Crippen molar-refractivity contribution in [3.05, 3.63) is 146 Å². The van der Waals surface area contributed by atoms with Crippen LogP contribution in [0.2, 0.25) is 0 Å². The average molecular weight is 713 g/mol. The molecule has 0 aliphatic carbocycles. The molecule has 0 saturated heterocycles. The van der Waals surface area contributed by atoms with E-state index in [4.69, 9.17) is 4.74 Å². The number of ether oxygens (including phenoxy) is 1. The predicted octanol–water partition coefficient (Wildman–Crippen LogP) is 10.8. The van der Waals surface area contributed by atoms with E-state index in [1.807, 2.05) is 53.8 Å². The summed E-state index contributed by atoms with van der Waals surface area (Å²) in [4.78, 5) is 13.4. The van der Waals surface area contributed by atoms with Crippen molar-refractivity contribution in [3.8, 4) is 28.0 Å². The number of rotatable bonds is 10. The first-order chi connectivity index (χ1) is 21.0. The van der Waals surface area contributed by atoms with Crippen molar-refractivity contribution < 1.29 is 14.6 Å². The van der Waals surface area contributed by atoms with E-state index in [1.54, 1.807) is 0 Å².